The van der Waals surface area contributed by atoms with E-state index in [1.54, 1.807) is 18.2 Å². The summed E-state index contributed by atoms with van der Waals surface area (Å²) in [5, 5.41) is 12.6. The number of nitrogens with one attached hydrogen (secondary N) is 1. The van der Waals surface area contributed by atoms with Crippen LogP contribution in [0.4, 0.5) is 0 Å². The number of hydrogen-bond donors (Lipinski definition) is 2. The van der Waals surface area contributed by atoms with E-state index in [-0.39, 0.29) is 18.6 Å². The molecule has 5 aromatic carbocycles. The molecule has 0 aliphatic heterocycles. The number of hydrogen-bond acceptors (Lipinski definition) is 4. The molecule has 0 spiro atoms. The molecule has 2 N–H and O–H groups in total. The first-order chi connectivity index (χ1) is 20.9. The van der Waals surface area contributed by atoms with Gasteiger partial charge in [-0.3, -0.25) is 4.79 Å². The predicted octanol–water partition coefficient (Wildman–Crippen LogP) is 8.22. The fourth-order valence-electron chi connectivity index (χ4n) is 4.67. The highest BCUT2D eigenvalue weighted by atomic mass is 79.9. The summed E-state index contributed by atoms with van der Waals surface area (Å²) in [4.78, 5) is 25.5. The summed E-state index contributed by atoms with van der Waals surface area (Å²) in [6.07, 6.45) is 0.108. The number of carboxylic acids is 1. The van der Waals surface area contributed by atoms with Gasteiger partial charge in [-0.15, -0.1) is 0 Å². The van der Waals surface area contributed by atoms with Gasteiger partial charge in [-0.2, -0.15) is 0 Å². The molecule has 6 nitrogen and oxygen atoms in total. The second-order valence-corrected chi connectivity index (χ2v) is 11.0. The van der Waals surface area contributed by atoms with Crippen molar-refractivity contribution in [2.75, 3.05) is 0 Å². The molecule has 0 radical (unpaired) electrons. The van der Waals surface area contributed by atoms with E-state index in [2.05, 4.69) is 21.2 Å². The van der Waals surface area contributed by atoms with Gasteiger partial charge in [0.05, 0.1) is 5.56 Å². The molecule has 216 valence electrons. The van der Waals surface area contributed by atoms with Crippen molar-refractivity contribution in [1.82, 2.24) is 5.32 Å². The van der Waals surface area contributed by atoms with Gasteiger partial charge >= 0.3 is 5.97 Å². The number of carbonyl (C=O) groups excluding carboxylic acids is 1. The predicted molar refractivity (Wildman–Crippen MR) is 171 cm³/mol. The Morgan fingerprint density at radius 3 is 2.28 bits per heavy atom. The highest BCUT2D eigenvalue weighted by Crippen LogP contribution is 2.33. The maximum Gasteiger partial charge on any atom is 0.326 e. The first-order valence-electron chi connectivity index (χ1n) is 13.8. The summed E-state index contributed by atoms with van der Waals surface area (Å²) >= 11 is 3.41. The molecule has 0 saturated heterocycles. The lowest BCUT2D eigenvalue weighted by Gasteiger charge is -2.17. The quantitative estimate of drug-likeness (QED) is 0.153. The Kier molecular flexibility index (Phi) is 9.54. The minimum absolute atomic E-state index is 0.108. The van der Waals surface area contributed by atoms with E-state index in [1.807, 2.05) is 110 Å². The monoisotopic (exact) mass is 635 g/mol. The van der Waals surface area contributed by atoms with Crippen molar-refractivity contribution < 1.29 is 24.2 Å². The lowest BCUT2D eigenvalue weighted by Crippen LogP contribution is -2.42. The average Bonchev–Trinajstić information content (AvgIpc) is 3.01. The minimum Gasteiger partial charge on any atom is -0.488 e. The molecule has 7 heteroatoms. The van der Waals surface area contributed by atoms with Crippen LogP contribution in [-0.2, 0) is 17.8 Å². The molecule has 0 unspecified atom stereocenters. The van der Waals surface area contributed by atoms with Gasteiger partial charge in [0.15, 0.2) is 0 Å². The van der Waals surface area contributed by atoms with E-state index in [1.165, 1.54) is 0 Å². The molecule has 0 heterocycles. The Labute approximate surface area is 259 Å². The summed E-state index contributed by atoms with van der Waals surface area (Å²) in [5.74, 6) is 0.159. The van der Waals surface area contributed by atoms with Crippen LogP contribution in [-0.4, -0.2) is 23.0 Å². The Bertz CT molecular complexity index is 1720. The normalized spacial score (nSPS) is 11.4. The van der Waals surface area contributed by atoms with Gasteiger partial charge in [0.25, 0.3) is 5.91 Å². The Balaban J connectivity index is 1.29. The third-order valence-corrected chi connectivity index (χ3v) is 7.32. The van der Waals surface area contributed by atoms with Crippen LogP contribution in [0.2, 0.25) is 0 Å². The maximum absolute atomic E-state index is 13.3. The highest BCUT2D eigenvalue weighted by Gasteiger charge is 2.23. The number of ether oxygens (including phenoxy) is 2. The van der Waals surface area contributed by atoms with Crippen molar-refractivity contribution in [2.45, 2.75) is 26.0 Å². The van der Waals surface area contributed by atoms with Crippen molar-refractivity contribution in [1.29, 1.82) is 0 Å². The fourth-order valence-corrected chi connectivity index (χ4v) is 5.03. The zero-order chi connectivity index (χ0) is 30.2. The number of carbonyl (C=O) groups is 2. The summed E-state index contributed by atoms with van der Waals surface area (Å²) in [7, 11) is 0. The van der Waals surface area contributed by atoms with Crippen molar-refractivity contribution in [2.24, 2.45) is 0 Å². The average molecular weight is 637 g/mol. The molecule has 1 amide bonds. The second-order valence-electron chi connectivity index (χ2n) is 10.1. The third-order valence-electron chi connectivity index (χ3n) is 6.83. The third kappa shape index (κ3) is 7.90. The number of amides is 1. The van der Waals surface area contributed by atoms with Gasteiger partial charge < -0.3 is 19.9 Å². The smallest absolute Gasteiger partial charge is 0.326 e. The van der Waals surface area contributed by atoms with Gasteiger partial charge in [-0.1, -0.05) is 106 Å². The molecule has 0 saturated carbocycles. The number of para-hydroxylation sites is 2. The molecular formula is C36H30BrNO5. The van der Waals surface area contributed by atoms with Crippen LogP contribution in [0.25, 0.3) is 11.1 Å². The van der Waals surface area contributed by atoms with Gasteiger partial charge in [0.2, 0.25) is 0 Å². The molecule has 0 aliphatic rings. The summed E-state index contributed by atoms with van der Waals surface area (Å²) in [5.41, 5.74) is 4.93. The molecule has 0 bridgehead atoms. The molecule has 0 aliphatic carbocycles. The maximum atomic E-state index is 13.3. The number of halogens is 1. The van der Waals surface area contributed by atoms with Crippen molar-refractivity contribution in [3.05, 3.63) is 148 Å². The van der Waals surface area contributed by atoms with Crippen LogP contribution in [0, 0.1) is 6.92 Å². The number of rotatable bonds is 11. The summed E-state index contributed by atoms with van der Waals surface area (Å²) in [6.45, 7) is 2.28. The lowest BCUT2D eigenvalue weighted by atomic mass is 9.99. The largest absolute Gasteiger partial charge is 0.488 e. The molecule has 5 aromatic rings. The van der Waals surface area contributed by atoms with E-state index in [9.17, 15) is 14.7 Å². The minimum atomic E-state index is -1.14. The molecule has 43 heavy (non-hydrogen) atoms. The van der Waals surface area contributed by atoms with Crippen LogP contribution in [0.3, 0.4) is 0 Å². The van der Waals surface area contributed by atoms with Crippen LogP contribution in [0.15, 0.2) is 126 Å². The van der Waals surface area contributed by atoms with Crippen LogP contribution >= 0.6 is 15.9 Å². The van der Waals surface area contributed by atoms with Crippen molar-refractivity contribution >= 4 is 27.8 Å². The topological polar surface area (TPSA) is 84.9 Å². The summed E-state index contributed by atoms with van der Waals surface area (Å²) < 4.78 is 12.8. The van der Waals surface area contributed by atoms with E-state index < -0.39 is 17.9 Å². The molecule has 0 fully saturated rings. The standard InChI is InChI=1S/C36H30BrNO5/c1-24-8-7-9-26(20-24)23-42-33-19-18-28(37)22-31(33)35(39)38-32(36(40)41)21-25-14-16-27(17-15-25)30-12-5-6-13-34(30)43-29-10-3-2-4-11-29/h2-20,22,32H,21,23H2,1H3,(H,38,39)(H,40,41)/t32-/m0/s1. The van der Waals surface area contributed by atoms with E-state index in [0.29, 0.717) is 16.0 Å². The molecule has 5 rings (SSSR count). The van der Waals surface area contributed by atoms with Crippen molar-refractivity contribution in [3.63, 3.8) is 0 Å². The van der Waals surface area contributed by atoms with Crippen LogP contribution < -0.4 is 14.8 Å². The zero-order valence-electron chi connectivity index (χ0n) is 23.5. The van der Waals surface area contributed by atoms with Gasteiger partial charge in [0, 0.05) is 16.5 Å². The number of carboxylic acid groups (broad SMARTS) is 1. The first kappa shape index (κ1) is 29.6. The molecular weight excluding hydrogens is 606 g/mol. The number of benzene rings is 5. The Hall–Kier alpha value is -4.88. The van der Waals surface area contributed by atoms with E-state index >= 15 is 0 Å². The van der Waals surface area contributed by atoms with Crippen LogP contribution in [0.1, 0.15) is 27.0 Å². The first-order valence-corrected chi connectivity index (χ1v) is 14.6. The van der Waals surface area contributed by atoms with E-state index in [4.69, 9.17) is 9.47 Å². The highest BCUT2D eigenvalue weighted by molar-refractivity contribution is 9.10. The van der Waals surface area contributed by atoms with Gasteiger partial charge in [-0.05, 0) is 60.0 Å². The van der Waals surface area contributed by atoms with Crippen molar-refractivity contribution in [3.8, 4) is 28.4 Å². The van der Waals surface area contributed by atoms with Gasteiger partial charge in [0.1, 0.15) is 29.9 Å². The summed E-state index contributed by atoms with van der Waals surface area (Å²) in [6, 6.07) is 36.8. The lowest BCUT2D eigenvalue weighted by molar-refractivity contribution is -0.139. The number of aryl methyl sites for hydroxylation is 1. The van der Waals surface area contributed by atoms with Gasteiger partial charge in [-0.25, -0.2) is 4.79 Å². The van der Waals surface area contributed by atoms with Crippen LogP contribution in [0.5, 0.6) is 17.2 Å². The molecule has 0 aromatic heterocycles. The SMILES string of the molecule is Cc1cccc(COc2ccc(Br)cc2C(=O)N[C@@H](Cc2ccc(-c3ccccc3Oc3ccccc3)cc2)C(=O)O)c1. The second kappa shape index (κ2) is 13.9. The molecule has 1 atom stereocenters. The Morgan fingerprint density at radius 1 is 0.791 bits per heavy atom. The Morgan fingerprint density at radius 2 is 1.53 bits per heavy atom. The van der Waals surface area contributed by atoms with E-state index in [0.717, 1.165) is 33.6 Å². The number of aliphatic carboxylic acids is 1. The fraction of sp³-hybridized carbons (Fsp3) is 0.111. The zero-order valence-corrected chi connectivity index (χ0v) is 25.1.